The van der Waals surface area contributed by atoms with Gasteiger partial charge in [0.2, 0.25) is 11.8 Å². The first-order valence-electron chi connectivity index (χ1n) is 11.6. The highest BCUT2D eigenvalue weighted by molar-refractivity contribution is 5.88. The third-order valence-electron chi connectivity index (χ3n) is 7.92. The molecule has 3 aliphatic heterocycles. The van der Waals surface area contributed by atoms with E-state index < -0.39 is 6.04 Å². The van der Waals surface area contributed by atoms with Crippen LogP contribution in [-0.4, -0.2) is 61.3 Å². The third kappa shape index (κ3) is 4.63. The SMILES string of the molecule is CC(C)C(=O)NC(C(=O)N1CCC2(CC1)CC2)C(C)OCC12CCC(CC1)OC2. The molecular formula is C23H38N2O4. The summed E-state index contributed by atoms with van der Waals surface area (Å²) in [4.78, 5) is 27.7. The highest BCUT2D eigenvalue weighted by atomic mass is 16.5. The van der Waals surface area contributed by atoms with Crippen molar-refractivity contribution >= 4 is 11.8 Å². The van der Waals surface area contributed by atoms with Gasteiger partial charge in [-0.05, 0) is 63.7 Å². The van der Waals surface area contributed by atoms with Gasteiger partial charge in [0, 0.05) is 24.4 Å². The normalized spacial score (nSPS) is 32.3. The van der Waals surface area contributed by atoms with Crippen molar-refractivity contribution in [2.45, 2.75) is 90.4 Å². The maximum atomic E-state index is 13.3. The molecule has 29 heavy (non-hydrogen) atoms. The largest absolute Gasteiger partial charge is 0.378 e. The molecule has 0 aromatic carbocycles. The number of hydrogen-bond acceptors (Lipinski definition) is 4. The molecule has 1 spiro atoms. The van der Waals surface area contributed by atoms with E-state index in [0.717, 1.165) is 58.2 Å². The Morgan fingerprint density at radius 1 is 1.07 bits per heavy atom. The maximum absolute atomic E-state index is 13.3. The minimum absolute atomic E-state index is 0.0168. The van der Waals surface area contributed by atoms with Crippen LogP contribution >= 0.6 is 0 Å². The lowest BCUT2D eigenvalue weighted by Crippen LogP contribution is -2.57. The third-order valence-corrected chi connectivity index (χ3v) is 7.92. The molecule has 2 aliphatic carbocycles. The molecule has 5 rings (SSSR count). The lowest BCUT2D eigenvalue weighted by atomic mass is 9.72. The highest BCUT2D eigenvalue weighted by Crippen LogP contribution is 2.53. The average Bonchev–Trinajstić information content (AvgIpc) is 3.50. The van der Waals surface area contributed by atoms with Gasteiger partial charge in [-0.3, -0.25) is 9.59 Å². The van der Waals surface area contributed by atoms with Crippen LogP contribution in [0.1, 0.15) is 72.1 Å². The van der Waals surface area contributed by atoms with Crippen LogP contribution in [0.15, 0.2) is 0 Å². The maximum Gasteiger partial charge on any atom is 0.247 e. The Bertz CT molecular complexity index is 599. The monoisotopic (exact) mass is 406 g/mol. The van der Waals surface area contributed by atoms with Gasteiger partial charge in [0.15, 0.2) is 0 Å². The lowest BCUT2D eigenvalue weighted by Gasteiger charge is -2.46. The Kier molecular flexibility index (Phi) is 5.95. The molecule has 2 bridgehead atoms. The zero-order valence-electron chi connectivity index (χ0n) is 18.4. The summed E-state index contributed by atoms with van der Waals surface area (Å²) in [7, 11) is 0. The molecule has 1 N–H and O–H groups in total. The van der Waals surface area contributed by atoms with E-state index in [1.165, 1.54) is 12.8 Å². The number of nitrogens with zero attached hydrogens (tertiary/aromatic N) is 1. The Balaban J connectivity index is 1.38. The quantitative estimate of drug-likeness (QED) is 0.706. The molecule has 6 nitrogen and oxygen atoms in total. The minimum atomic E-state index is -0.615. The standard InChI is InChI=1S/C23H38N2O4/c1-16(2)20(26)24-19(21(27)25-12-10-22(8-9-22)11-13-25)17(3)28-14-23-6-4-18(5-7-23)29-15-23/h16-19H,4-15H2,1-3H3,(H,24,26). The second kappa shape index (κ2) is 8.18. The van der Waals surface area contributed by atoms with Gasteiger partial charge in [0.1, 0.15) is 6.04 Å². The van der Waals surface area contributed by atoms with Crippen LogP contribution in [-0.2, 0) is 19.1 Å². The molecule has 2 atom stereocenters. The van der Waals surface area contributed by atoms with Gasteiger partial charge in [0.05, 0.1) is 25.4 Å². The molecule has 3 saturated heterocycles. The smallest absolute Gasteiger partial charge is 0.247 e. The summed E-state index contributed by atoms with van der Waals surface area (Å²) in [5.74, 6) is -0.230. The molecule has 0 aromatic heterocycles. The second-order valence-electron chi connectivity index (χ2n) is 10.5. The van der Waals surface area contributed by atoms with Crippen LogP contribution in [0.3, 0.4) is 0 Å². The number of nitrogens with one attached hydrogen (secondary N) is 1. The van der Waals surface area contributed by atoms with Gasteiger partial charge >= 0.3 is 0 Å². The van der Waals surface area contributed by atoms with E-state index in [2.05, 4.69) is 5.32 Å². The van der Waals surface area contributed by atoms with Crippen molar-refractivity contribution < 1.29 is 19.1 Å². The number of carbonyl (C=O) groups excluding carboxylic acids is 2. The van der Waals surface area contributed by atoms with Crippen LogP contribution in [0.4, 0.5) is 0 Å². The first-order chi connectivity index (χ1) is 13.8. The van der Waals surface area contributed by atoms with Crippen molar-refractivity contribution in [1.82, 2.24) is 10.2 Å². The van der Waals surface area contributed by atoms with Crippen molar-refractivity contribution in [3.05, 3.63) is 0 Å². The summed E-state index contributed by atoms with van der Waals surface area (Å²) >= 11 is 0. The van der Waals surface area contributed by atoms with E-state index in [9.17, 15) is 9.59 Å². The molecule has 0 radical (unpaired) electrons. The summed E-state index contributed by atoms with van der Waals surface area (Å²) in [6.07, 6.45) is 9.39. The van der Waals surface area contributed by atoms with Crippen molar-refractivity contribution in [3.63, 3.8) is 0 Å². The number of likely N-dealkylation sites (tertiary alicyclic amines) is 1. The lowest BCUT2D eigenvalue weighted by molar-refractivity contribution is -0.158. The fraction of sp³-hybridized carbons (Fsp3) is 0.913. The van der Waals surface area contributed by atoms with Gasteiger partial charge in [-0.1, -0.05) is 13.8 Å². The Hall–Kier alpha value is -1.14. The number of rotatable bonds is 7. The van der Waals surface area contributed by atoms with Gasteiger partial charge in [-0.2, -0.15) is 0 Å². The molecule has 0 aromatic rings. The summed E-state index contributed by atoms with van der Waals surface area (Å²) < 4.78 is 12.2. The molecule has 5 aliphatic rings. The van der Waals surface area contributed by atoms with Crippen molar-refractivity contribution in [2.75, 3.05) is 26.3 Å². The predicted molar refractivity (Wildman–Crippen MR) is 110 cm³/mol. The van der Waals surface area contributed by atoms with Gasteiger partial charge in [0.25, 0.3) is 0 Å². The molecule has 6 heteroatoms. The number of fused-ring (bicyclic) bond motifs is 3. The van der Waals surface area contributed by atoms with Gasteiger partial charge < -0.3 is 19.7 Å². The molecule has 3 heterocycles. The summed E-state index contributed by atoms with van der Waals surface area (Å²) in [5, 5.41) is 2.99. The molecule has 2 amide bonds. The van der Waals surface area contributed by atoms with E-state index in [0.29, 0.717) is 18.1 Å². The Morgan fingerprint density at radius 3 is 2.24 bits per heavy atom. The minimum Gasteiger partial charge on any atom is -0.378 e. The predicted octanol–water partition coefficient (Wildman–Crippen LogP) is 2.89. The topological polar surface area (TPSA) is 67.9 Å². The number of hydrogen-bond donors (Lipinski definition) is 1. The van der Waals surface area contributed by atoms with E-state index >= 15 is 0 Å². The fourth-order valence-electron chi connectivity index (χ4n) is 5.17. The zero-order valence-corrected chi connectivity index (χ0v) is 18.4. The van der Waals surface area contributed by atoms with E-state index in [1.807, 2.05) is 25.7 Å². The number of ether oxygens (including phenoxy) is 2. The van der Waals surface area contributed by atoms with Gasteiger partial charge in [-0.25, -0.2) is 0 Å². The number of piperidine rings is 1. The summed E-state index contributed by atoms with van der Waals surface area (Å²) in [6.45, 7) is 8.62. The number of amides is 2. The van der Waals surface area contributed by atoms with Crippen LogP contribution in [0.2, 0.25) is 0 Å². The van der Waals surface area contributed by atoms with Crippen LogP contribution in [0.5, 0.6) is 0 Å². The van der Waals surface area contributed by atoms with Crippen molar-refractivity contribution in [3.8, 4) is 0 Å². The molecule has 5 fully saturated rings. The van der Waals surface area contributed by atoms with Gasteiger partial charge in [-0.15, -0.1) is 0 Å². The Morgan fingerprint density at radius 2 is 1.72 bits per heavy atom. The van der Waals surface area contributed by atoms with Crippen LogP contribution in [0.25, 0.3) is 0 Å². The highest BCUT2D eigenvalue weighted by Gasteiger charge is 2.47. The average molecular weight is 407 g/mol. The van der Waals surface area contributed by atoms with E-state index in [4.69, 9.17) is 9.47 Å². The van der Waals surface area contributed by atoms with E-state index in [-0.39, 0.29) is 29.3 Å². The fourth-order valence-corrected chi connectivity index (χ4v) is 5.17. The summed E-state index contributed by atoms with van der Waals surface area (Å²) in [5.41, 5.74) is 0.608. The van der Waals surface area contributed by atoms with E-state index in [1.54, 1.807) is 0 Å². The first-order valence-corrected chi connectivity index (χ1v) is 11.6. The first kappa shape index (κ1) is 21.1. The summed E-state index contributed by atoms with van der Waals surface area (Å²) in [6, 6.07) is -0.615. The molecular weight excluding hydrogens is 368 g/mol. The molecule has 2 unspecified atom stereocenters. The molecule has 2 saturated carbocycles. The zero-order chi connectivity index (χ0) is 20.6. The Labute approximate surface area is 175 Å². The van der Waals surface area contributed by atoms with Crippen molar-refractivity contribution in [2.24, 2.45) is 16.7 Å². The van der Waals surface area contributed by atoms with Crippen LogP contribution in [0, 0.1) is 16.7 Å². The molecule has 164 valence electrons. The van der Waals surface area contributed by atoms with Crippen molar-refractivity contribution in [1.29, 1.82) is 0 Å². The van der Waals surface area contributed by atoms with Crippen LogP contribution < -0.4 is 5.32 Å². The number of carbonyl (C=O) groups is 2. The second-order valence-corrected chi connectivity index (χ2v) is 10.5.